The van der Waals surface area contributed by atoms with E-state index in [4.69, 9.17) is 21.3 Å². The van der Waals surface area contributed by atoms with Gasteiger partial charge in [-0.15, -0.1) is 11.3 Å². The van der Waals surface area contributed by atoms with Crippen LogP contribution in [-0.2, 0) is 19.6 Å². The molecule has 0 unspecified atom stereocenters. The highest BCUT2D eigenvalue weighted by Crippen LogP contribution is 2.47. The minimum atomic E-state index is -3.25. The van der Waals surface area contributed by atoms with Gasteiger partial charge < -0.3 is 10.1 Å². The fraction of sp³-hybridized carbons (Fsp3) is 0.435. The number of carbonyl (C=O) groups excluding carboxylic acids is 1. The van der Waals surface area contributed by atoms with E-state index in [-0.39, 0.29) is 22.8 Å². The quantitative estimate of drug-likeness (QED) is 0.586. The van der Waals surface area contributed by atoms with Crippen molar-refractivity contribution in [2.75, 3.05) is 26.5 Å². The fourth-order valence-electron chi connectivity index (χ4n) is 5.38. The summed E-state index contributed by atoms with van der Waals surface area (Å²) in [5.74, 6) is -0.180. The average molecular weight is 539 g/mol. The highest BCUT2D eigenvalue weighted by Gasteiger charge is 2.47. The van der Waals surface area contributed by atoms with Gasteiger partial charge in [-0.25, -0.2) is 26.9 Å². The predicted molar refractivity (Wildman–Crippen MR) is 131 cm³/mol. The van der Waals surface area contributed by atoms with Gasteiger partial charge in [0, 0.05) is 46.9 Å². The van der Waals surface area contributed by atoms with Crippen molar-refractivity contribution in [2.24, 2.45) is 22.7 Å². The number of hydrogen-bond acceptors (Lipinski definition) is 8. The molecule has 2 aliphatic heterocycles. The first-order valence-corrected chi connectivity index (χ1v) is 14.2. The standard InChI is InChI=1S/C23H24ClFN4O4S2/c1-33-23(30)18-19(12-7-13-10-29(35(2,31)32)11-14(13)8-12)27-21(22-26-5-6-34-22)28-20(18)16-4-3-15(25)9-17(16)24/h3-6,9,12-14,20H,7-8,10-11H2,1-2H3,(H,27,28)/t12-,13+,14-,20-/m0/s1. The van der Waals surface area contributed by atoms with E-state index < -0.39 is 27.9 Å². The summed E-state index contributed by atoms with van der Waals surface area (Å²) in [7, 11) is -1.94. The monoisotopic (exact) mass is 538 g/mol. The number of esters is 1. The molecule has 0 spiro atoms. The van der Waals surface area contributed by atoms with Crippen LogP contribution in [0.4, 0.5) is 4.39 Å². The maximum Gasteiger partial charge on any atom is 0.338 e. The molecule has 4 atom stereocenters. The fourth-order valence-corrected chi connectivity index (χ4v) is 7.17. The Morgan fingerprint density at radius 1 is 1.29 bits per heavy atom. The van der Waals surface area contributed by atoms with E-state index in [1.807, 2.05) is 5.38 Å². The van der Waals surface area contributed by atoms with Crippen molar-refractivity contribution in [1.82, 2.24) is 14.6 Å². The first-order valence-electron chi connectivity index (χ1n) is 11.1. The molecule has 2 aromatic rings. The molecule has 35 heavy (non-hydrogen) atoms. The van der Waals surface area contributed by atoms with Crippen molar-refractivity contribution in [3.05, 3.63) is 62.5 Å². The SMILES string of the molecule is COC(=O)C1=C([C@H]2C[C@@H]3CN(S(C)(=O)=O)C[C@@H]3C2)NC(c2nccs2)=N[C@H]1c1ccc(F)cc1Cl. The van der Waals surface area contributed by atoms with Gasteiger partial charge in [-0.2, -0.15) is 0 Å². The van der Waals surface area contributed by atoms with Crippen LogP contribution in [0.2, 0.25) is 5.02 Å². The van der Waals surface area contributed by atoms with Crippen LogP contribution in [0, 0.1) is 23.6 Å². The number of thiazole rings is 1. The minimum absolute atomic E-state index is 0.0343. The zero-order valence-corrected chi connectivity index (χ0v) is 21.5. The molecular formula is C23H24ClFN4O4S2. The first-order chi connectivity index (χ1) is 16.7. The van der Waals surface area contributed by atoms with Crippen molar-refractivity contribution < 1.29 is 22.3 Å². The molecule has 1 saturated carbocycles. The number of rotatable bonds is 5. The summed E-state index contributed by atoms with van der Waals surface area (Å²) in [5.41, 5.74) is 1.50. The first kappa shape index (κ1) is 24.4. The summed E-state index contributed by atoms with van der Waals surface area (Å²) in [4.78, 5) is 22.3. The van der Waals surface area contributed by atoms with Gasteiger partial charge in [0.1, 0.15) is 11.9 Å². The number of carbonyl (C=O) groups is 1. The third-order valence-corrected chi connectivity index (χ3v) is 9.31. The Morgan fingerprint density at radius 2 is 2.00 bits per heavy atom. The van der Waals surface area contributed by atoms with E-state index in [1.165, 1.54) is 47.2 Å². The second-order valence-electron chi connectivity index (χ2n) is 9.10. The molecule has 1 aromatic carbocycles. The smallest absolute Gasteiger partial charge is 0.338 e. The zero-order chi connectivity index (χ0) is 24.9. The Hall–Kier alpha value is -2.34. The van der Waals surface area contributed by atoms with Gasteiger partial charge in [-0.05, 0) is 36.8 Å². The molecule has 8 nitrogen and oxygen atoms in total. The molecule has 0 radical (unpaired) electrons. The molecule has 0 amide bonds. The summed E-state index contributed by atoms with van der Waals surface area (Å²) in [6.45, 7) is 0.947. The number of halogens is 2. The molecule has 1 N–H and O–H groups in total. The number of sulfonamides is 1. The lowest BCUT2D eigenvalue weighted by molar-refractivity contribution is -0.136. The number of nitrogens with one attached hydrogen (secondary N) is 1. The van der Waals surface area contributed by atoms with Gasteiger partial charge in [-0.3, -0.25) is 4.99 Å². The summed E-state index contributed by atoms with van der Waals surface area (Å²) >= 11 is 7.82. The van der Waals surface area contributed by atoms with Crippen LogP contribution in [0.3, 0.4) is 0 Å². The number of fused-ring (bicyclic) bond motifs is 1. The zero-order valence-electron chi connectivity index (χ0n) is 19.1. The van der Waals surface area contributed by atoms with E-state index in [1.54, 1.807) is 6.20 Å². The largest absolute Gasteiger partial charge is 0.466 e. The number of hydrogen-bond donors (Lipinski definition) is 1. The van der Waals surface area contributed by atoms with Crippen molar-refractivity contribution in [3.63, 3.8) is 0 Å². The van der Waals surface area contributed by atoms with Gasteiger partial charge >= 0.3 is 5.97 Å². The highest BCUT2D eigenvalue weighted by molar-refractivity contribution is 7.88. The predicted octanol–water partition coefficient (Wildman–Crippen LogP) is 3.37. The van der Waals surface area contributed by atoms with Crippen molar-refractivity contribution in [1.29, 1.82) is 0 Å². The van der Waals surface area contributed by atoms with E-state index >= 15 is 0 Å². The Labute approximate surface area is 211 Å². The topological polar surface area (TPSA) is 101 Å². The van der Waals surface area contributed by atoms with Crippen LogP contribution in [-0.4, -0.2) is 56.0 Å². The summed E-state index contributed by atoms with van der Waals surface area (Å²) in [6, 6.07) is 3.21. The molecule has 0 bridgehead atoms. The van der Waals surface area contributed by atoms with Crippen LogP contribution >= 0.6 is 22.9 Å². The van der Waals surface area contributed by atoms with Gasteiger partial charge in [-0.1, -0.05) is 17.7 Å². The van der Waals surface area contributed by atoms with Gasteiger partial charge in [0.25, 0.3) is 0 Å². The van der Waals surface area contributed by atoms with Crippen LogP contribution in [0.15, 0.2) is 46.0 Å². The van der Waals surface area contributed by atoms with E-state index in [0.29, 0.717) is 53.6 Å². The number of aliphatic imine (C=N–C) groups is 1. The van der Waals surface area contributed by atoms with E-state index in [0.717, 1.165) is 0 Å². The number of nitrogens with zero attached hydrogens (tertiary/aromatic N) is 3. The van der Waals surface area contributed by atoms with Crippen molar-refractivity contribution >= 4 is 44.8 Å². The summed E-state index contributed by atoms with van der Waals surface area (Å²) in [5, 5.41) is 5.99. The minimum Gasteiger partial charge on any atom is -0.466 e. The molecule has 2 fully saturated rings. The lowest BCUT2D eigenvalue weighted by Gasteiger charge is -2.30. The second kappa shape index (κ2) is 9.27. The van der Waals surface area contributed by atoms with E-state index in [9.17, 15) is 17.6 Å². The van der Waals surface area contributed by atoms with Crippen molar-refractivity contribution in [2.45, 2.75) is 18.9 Å². The van der Waals surface area contributed by atoms with Gasteiger partial charge in [0.2, 0.25) is 10.0 Å². The summed E-state index contributed by atoms with van der Waals surface area (Å²) < 4.78 is 44.6. The van der Waals surface area contributed by atoms with Crippen LogP contribution in [0.1, 0.15) is 29.5 Å². The molecular weight excluding hydrogens is 515 g/mol. The molecule has 12 heteroatoms. The maximum atomic E-state index is 13.8. The Bertz CT molecular complexity index is 1310. The average Bonchev–Trinajstić information content (AvgIpc) is 3.54. The molecule has 3 heterocycles. The third-order valence-electron chi connectivity index (χ3n) is 6.97. The Kier molecular flexibility index (Phi) is 6.45. The lowest BCUT2D eigenvalue weighted by Crippen LogP contribution is -2.37. The summed E-state index contributed by atoms with van der Waals surface area (Å²) in [6.07, 6.45) is 4.34. The third kappa shape index (κ3) is 4.62. The molecule has 1 saturated heterocycles. The second-order valence-corrected chi connectivity index (χ2v) is 12.4. The number of amidine groups is 1. The number of ether oxygens (including phenoxy) is 1. The number of methoxy groups -OCH3 is 1. The van der Waals surface area contributed by atoms with Gasteiger partial charge in [0.15, 0.2) is 10.8 Å². The number of allylic oxidation sites excluding steroid dienone is 1. The van der Waals surface area contributed by atoms with Crippen molar-refractivity contribution in [3.8, 4) is 0 Å². The number of aromatic nitrogens is 1. The molecule has 3 aliphatic rings. The van der Waals surface area contributed by atoms with Crippen LogP contribution in [0.25, 0.3) is 0 Å². The van der Waals surface area contributed by atoms with Crippen LogP contribution in [0.5, 0.6) is 0 Å². The maximum absolute atomic E-state index is 13.8. The van der Waals surface area contributed by atoms with E-state index in [2.05, 4.69) is 10.3 Å². The lowest BCUT2D eigenvalue weighted by atomic mass is 9.89. The Morgan fingerprint density at radius 3 is 2.57 bits per heavy atom. The van der Waals surface area contributed by atoms with Gasteiger partial charge in [0.05, 0.1) is 18.9 Å². The molecule has 5 rings (SSSR count). The molecule has 186 valence electrons. The molecule has 1 aliphatic carbocycles. The molecule has 1 aromatic heterocycles. The highest BCUT2D eigenvalue weighted by atomic mass is 35.5. The number of benzene rings is 1. The Balaban J connectivity index is 1.57. The van der Waals surface area contributed by atoms with Crippen LogP contribution < -0.4 is 5.32 Å². The normalized spacial score (nSPS) is 26.9.